The molecule has 1 fully saturated rings. The quantitative estimate of drug-likeness (QED) is 0.574. The molecule has 1 aromatic rings. The highest BCUT2D eigenvalue weighted by atomic mass is 79.9. The van der Waals surface area contributed by atoms with Gasteiger partial charge < -0.3 is 0 Å². The fourth-order valence-electron chi connectivity index (χ4n) is 1.98. The number of benzene rings is 1. The molecule has 0 N–H and O–H groups in total. The first-order chi connectivity index (χ1) is 8.49. The average molecular weight is 398 g/mol. The van der Waals surface area contributed by atoms with E-state index >= 15 is 0 Å². The van der Waals surface area contributed by atoms with Crippen molar-refractivity contribution in [1.82, 2.24) is 0 Å². The van der Waals surface area contributed by atoms with Crippen molar-refractivity contribution in [2.24, 2.45) is 0 Å². The Bertz CT molecular complexity index is 499. The van der Waals surface area contributed by atoms with Crippen molar-refractivity contribution in [3.05, 3.63) is 28.7 Å². The number of alkyl halides is 1. The SMILES string of the molecule is O=S(=O)(O[C@@H]1CCCC[C@H]1Br)c1ccc(Br)cc1. The first kappa shape index (κ1) is 14.5. The highest BCUT2D eigenvalue weighted by molar-refractivity contribution is 9.10. The summed E-state index contributed by atoms with van der Waals surface area (Å²) in [6.45, 7) is 0. The molecule has 0 aromatic heterocycles. The Morgan fingerprint density at radius 2 is 1.72 bits per heavy atom. The minimum Gasteiger partial charge on any atom is -0.262 e. The van der Waals surface area contributed by atoms with Crippen LogP contribution in [0.2, 0.25) is 0 Å². The van der Waals surface area contributed by atoms with E-state index < -0.39 is 10.1 Å². The van der Waals surface area contributed by atoms with E-state index in [2.05, 4.69) is 31.9 Å². The van der Waals surface area contributed by atoms with Gasteiger partial charge in [0.1, 0.15) is 0 Å². The Labute approximate surface area is 124 Å². The molecule has 1 aliphatic carbocycles. The molecule has 18 heavy (non-hydrogen) atoms. The van der Waals surface area contributed by atoms with Crippen molar-refractivity contribution >= 4 is 42.0 Å². The van der Waals surface area contributed by atoms with Gasteiger partial charge in [-0.3, -0.25) is 4.18 Å². The van der Waals surface area contributed by atoms with Crippen LogP contribution >= 0.6 is 31.9 Å². The van der Waals surface area contributed by atoms with Gasteiger partial charge in [-0.25, -0.2) is 0 Å². The van der Waals surface area contributed by atoms with Gasteiger partial charge in [0, 0.05) is 9.30 Å². The molecule has 0 unspecified atom stereocenters. The van der Waals surface area contributed by atoms with Gasteiger partial charge in [-0.15, -0.1) is 0 Å². The van der Waals surface area contributed by atoms with E-state index in [4.69, 9.17) is 4.18 Å². The molecule has 1 aliphatic rings. The second-order valence-corrected chi connectivity index (χ2v) is 8.01. The van der Waals surface area contributed by atoms with Crippen LogP contribution in [0, 0.1) is 0 Å². The molecule has 0 bridgehead atoms. The van der Waals surface area contributed by atoms with E-state index in [0.29, 0.717) is 0 Å². The first-order valence-corrected chi connectivity index (χ1v) is 8.94. The van der Waals surface area contributed by atoms with Crippen LogP contribution in [0.3, 0.4) is 0 Å². The molecule has 0 saturated heterocycles. The molecule has 6 heteroatoms. The summed E-state index contributed by atoms with van der Waals surface area (Å²) in [7, 11) is -3.66. The van der Waals surface area contributed by atoms with Crippen molar-refractivity contribution in [2.75, 3.05) is 0 Å². The molecule has 1 saturated carbocycles. The molecular weight excluding hydrogens is 384 g/mol. The molecule has 2 rings (SSSR count). The van der Waals surface area contributed by atoms with Gasteiger partial charge in [0.05, 0.1) is 11.0 Å². The molecule has 0 radical (unpaired) electrons. The minimum absolute atomic E-state index is 0.122. The lowest BCUT2D eigenvalue weighted by Gasteiger charge is -2.26. The van der Waals surface area contributed by atoms with Gasteiger partial charge in [-0.1, -0.05) is 44.7 Å². The zero-order valence-corrected chi connectivity index (χ0v) is 13.7. The summed E-state index contributed by atoms with van der Waals surface area (Å²) in [6.07, 6.45) is 3.62. The van der Waals surface area contributed by atoms with Crippen molar-refractivity contribution in [3.63, 3.8) is 0 Å². The minimum atomic E-state index is -3.66. The Morgan fingerprint density at radius 3 is 2.33 bits per heavy atom. The van der Waals surface area contributed by atoms with Gasteiger partial charge in [-0.2, -0.15) is 8.42 Å². The summed E-state index contributed by atoms with van der Waals surface area (Å²) in [5, 5.41) is 0. The lowest BCUT2D eigenvalue weighted by Crippen LogP contribution is -2.30. The van der Waals surface area contributed by atoms with E-state index in [0.717, 1.165) is 30.2 Å². The largest absolute Gasteiger partial charge is 0.297 e. The fraction of sp³-hybridized carbons (Fsp3) is 0.500. The van der Waals surface area contributed by atoms with Crippen LogP contribution in [0.25, 0.3) is 0 Å². The molecule has 0 heterocycles. The Kier molecular flexibility index (Phi) is 4.86. The summed E-state index contributed by atoms with van der Waals surface area (Å²) in [5.41, 5.74) is 0. The number of halogens is 2. The van der Waals surface area contributed by atoms with Gasteiger partial charge in [-0.05, 0) is 37.1 Å². The van der Waals surface area contributed by atoms with Gasteiger partial charge >= 0.3 is 0 Å². The predicted octanol–water partition coefficient (Wildman–Crippen LogP) is 3.86. The van der Waals surface area contributed by atoms with Gasteiger partial charge in [0.15, 0.2) is 0 Å². The number of hydrogen-bond acceptors (Lipinski definition) is 3. The number of hydrogen-bond donors (Lipinski definition) is 0. The molecule has 0 amide bonds. The Hall–Kier alpha value is 0.0900. The fourth-order valence-corrected chi connectivity index (χ4v) is 4.22. The second kappa shape index (κ2) is 6.03. The summed E-state index contributed by atoms with van der Waals surface area (Å²) >= 11 is 6.77. The normalized spacial score (nSPS) is 25.0. The maximum atomic E-state index is 12.1. The third kappa shape index (κ3) is 3.56. The van der Waals surface area contributed by atoms with Crippen molar-refractivity contribution in [2.45, 2.75) is 41.5 Å². The zero-order chi connectivity index (χ0) is 13.2. The molecule has 0 aliphatic heterocycles. The second-order valence-electron chi connectivity index (χ2n) is 4.34. The summed E-state index contributed by atoms with van der Waals surface area (Å²) < 4.78 is 30.4. The predicted molar refractivity (Wildman–Crippen MR) is 77.4 cm³/mol. The molecule has 1 aromatic carbocycles. The smallest absolute Gasteiger partial charge is 0.262 e. The van der Waals surface area contributed by atoms with Crippen LogP contribution in [-0.2, 0) is 14.3 Å². The molecular formula is C12H14Br2O3S. The maximum absolute atomic E-state index is 12.1. The first-order valence-electron chi connectivity index (χ1n) is 5.82. The lowest BCUT2D eigenvalue weighted by molar-refractivity contribution is 0.171. The summed E-state index contributed by atoms with van der Waals surface area (Å²) in [4.78, 5) is 0.326. The van der Waals surface area contributed by atoms with Gasteiger partial charge in [0.2, 0.25) is 0 Å². The van der Waals surface area contributed by atoms with Crippen molar-refractivity contribution in [1.29, 1.82) is 0 Å². The molecule has 100 valence electrons. The third-order valence-electron chi connectivity index (χ3n) is 2.97. The van der Waals surface area contributed by atoms with Crippen LogP contribution in [0.1, 0.15) is 25.7 Å². The summed E-state index contributed by atoms with van der Waals surface area (Å²) in [5.74, 6) is 0. The van der Waals surface area contributed by atoms with Crippen molar-refractivity contribution in [3.8, 4) is 0 Å². The maximum Gasteiger partial charge on any atom is 0.297 e. The number of rotatable bonds is 3. The molecule has 2 atom stereocenters. The molecule has 3 nitrogen and oxygen atoms in total. The third-order valence-corrected chi connectivity index (χ3v) is 5.90. The lowest BCUT2D eigenvalue weighted by atomic mass is 9.98. The van der Waals surface area contributed by atoms with Crippen LogP contribution in [0.15, 0.2) is 33.6 Å². The standard InChI is InChI=1S/C12H14Br2O3S/c13-9-5-7-10(8-6-9)18(15,16)17-12-4-2-1-3-11(12)14/h5-8,11-12H,1-4H2/t11-,12-/m1/s1. The van der Waals surface area contributed by atoms with Crippen molar-refractivity contribution < 1.29 is 12.6 Å². The highest BCUT2D eigenvalue weighted by Gasteiger charge is 2.29. The Balaban J connectivity index is 2.13. The average Bonchev–Trinajstić information content (AvgIpc) is 2.32. The van der Waals surface area contributed by atoms with Crippen LogP contribution in [0.5, 0.6) is 0 Å². The van der Waals surface area contributed by atoms with E-state index in [-0.39, 0.29) is 15.8 Å². The van der Waals surface area contributed by atoms with E-state index in [1.165, 1.54) is 0 Å². The van der Waals surface area contributed by atoms with E-state index in [1.54, 1.807) is 24.3 Å². The van der Waals surface area contributed by atoms with Crippen LogP contribution < -0.4 is 0 Å². The van der Waals surface area contributed by atoms with E-state index in [9.17, 15) is 8.42 Å². The summed E-state index contributed by atoms with van der Waals surface area (Å²) in [6, 6.07) is 6.49. The van der Waals surface area contributed by atoms with Crippen LogP contribution in [0.4, 0.5) is 0 Å². The monoisotopic (exact) mass is 396 g/mol. The van der Waals surface area contributed by atoms with Gasteiger partial charge in [0.25, 0.3) is 10.1 Å². The molecule has 0 spiro atoms. The van der Waals surface area contributed by atoms with Crippen LogP contribution in [-0.4, -0.2) is 19.3 Å². The highest BCUT2D eigenvalue weighted by Crippen LogP contribution is 2.29. The topological polar surface area (TPSA) is 43.4 Å². The van der Waals surface area contributed by atoms with E-state index in [1.807, 2.05) is 0 Å². The Morgan fingerprint density at radius 1 is 1.11 bits per heavy atom. The zero-order valence-electron chi connectivity index (χ0n) is 9.68.